The third kappa shape index (κ3) is 3.39. The van der Waals surface area contributed by atoms with E-state index in [2.05, 4.69) is 20.6 Å². The van der Waals surface area contributed by atoms with E-state index < -0.39 is 0 Å². The molecule has 0 radical (unpaired) electrons. The van der Waals surface area contributed by atoms with Gasteiger partial charge in [0.05, 0.1) is 0 Å². The lowest BCUT2D eigenvalue weighted by Gasteiger charge is -2.17. The van der Waals surface area contributed by atoms with Gasteiger partial charge >= 0.3 is 0 Å². The van der Waals surface area contributed by atoms with Gasteiger partial charge in [0.15, 0.2) is 0 Å². The number of H-pyrrole nitrogens is 1. The minimum atomic E-state index is -0.292. The third-order valence-corrected chi connectivity index (χ3v) is 3.42. The second kappa shape index (κ2) is 6.35. The van der Waals surface area contributed by atoms with E-state index in [0.29, 0.717) is 17.9 Å². The van der Waals surface area contributed by atoms with Crippen molar-refractivity contribution in [1.29, 1.82) is 0 Å². The molecular weight excluding hydrogens is 297 g/mol. The number of halogens is 1. The van der Waals surface area contributed by atoms with Crippen LogP contribution in [0, 0.1) is 5.82 Å². The average Bonchev–Trinajstić information content (AvgIpc) is 3.11. The van der Waals surface area contributed by atoms with Crippen LogP contribution in [0.1, 0.15) is 15.9 Å². The number of aromatic amines is 1. The second-order valence-corrected chi connectivity index (χ2v) is 5.10. The molecule has 1 N–H and O–H groups in total. The normalized spacial score (nSPS) is 10.5. The molecular formula is C16H14FN5O. The maximum atomic E-state index is 12.9. The van der Waals surface area contributed by atoms with Crippen molar-refractivity contribution < 1.29 is 9.18 Å². The number of tetrazole rings is 1. The zero-order valence-corrected chi connectivity index (χ0v) is 12.4. The van der Waals surface area contributed by atoms with Gasteiger partial charge in [-0.1, -0.05) is 24.3 Å². The Bertz CT molecular complexity index is 784. The van der Waals surface area contributed by atoms with Gasteiger partial charge in [-0.05, 0) is 35.0 Å². The Hall–Kier alpha value is -3.09. The highest BCUT2D eigenvalue weighted by Crippen LogP contribution is 2.15. The zero-order chi connectivity index (χ0) is 16.2. The van der Waals surface area contributed by atoms with Gasteiger partial charge in [-0.3, -0.25) is 4.79 Å². The van der Waals surface area contributed by atoms with Crippen LogP contribution in [0.25, 0.3) is 11.4 Å². The Labute approximate surface area is 132 Å². The fourth-order valence-corrected chi connectivity index (χ4v) is 2.20. The van der Waals surface area contributed by atoms with E-state index in [0.717, 1.165) is 11.1 Å². The number of benzene rings is 2. The van der Waals surface area contributed by atoms with Gasteiger partial charge in [-0.15, -0.1) is 10.2 Å². The Morgan fingerprint density at radius 1 is 1.13 bits per heavy atom. The molecule has 7 heteroatoms. The van der Waals surface area contributed by atoms with Crippen LogP contribution in [-0.2, 0) is 6.54 Å². The van der Waals surface area contributed by atoms with E-state index >= 15 is 0 Å². The molecule has 0 spiro atoms. The fraction of sp³-hybridized carbons (Fsp3) is 0.125. The molecule has 3 rings (SSSR count). The summed E-state index contributed by atoms with van der Waals surface area (Å²) in [7, 11) is 1.71. The molecule has 2 aromatic carbocycles. The number of hydrogen-bond donors (Lipinski definition) is 1. The van der Waals surface area contributed by atoms with E-state index in [1.165, 1.54) is 12.1 Å². The third-order valence-electron chi connectivity index (χ3n) is 3.42. The minimum absolute atomic E-state index is 0.117. The van der Waals surface area contributed by atoms with Crippen LogP contribution in [0.2, 0.25) is 0 Å². The zero-order valence-electron chi connectivity index (χ0n) is 12.4. The van der Waals surface area contributed by atoms with Gasteiger partial charge < -0.3 is 4.90 Å². The summed E-state index contributed by atoms with van der Waals surface area (Å²) in [5.41, 5.74) is 2.20. The van der Waals surface area contributed by atoms with Crippen LogP contribution in [0.5, 0.6) is 0 Å². The molecule has 1 heterocycles. The number of nitrogens with one attached hydrogen (secondary N) is 1. The van der Waals surface area contributed by atoms with Crippen LogP contribution >= 0.6 is 0 Å². The van der Waals surface area contributed by atoms with E-state index in [4.69, 9.17) is 0 Å². The van der Waals surface area contributed by atoms with Gasteiger partial charge in [0.25, 0.3) is 5.91 Å². The first-order valence-corrected chi connectivity index (χ1v) is 6.97. The predicted octanol–water partition coefficient (Wildman–Crippen LogP) is 2.28. The maximum absolute atomic E-state index is 12.9. The molecule has 6 nitrogen and oxygen atoms in total. The van der Waals surface area contributed by atoms with E-state index in [-0.39, 0.29) is 11.7 Å². The molecule has 0 fully saturated rings. The van der Waals surface area contributed by atoms with Crippen molar-refractivity contribution >= 4 is 5.91 Å². The Morgan fingerprint density at radius 3 is 2.43 bits per heavy atom. The van der Waals surface area contributed by atoms with Crippen molar-refractivity contribution in [3.63, 3.8) is 0 Å². The monoisotopic (exact) mass is 311 g/mol. The predicted molar refractivity (Wildman–Crippen MR) is 81.8 cm³/mol. The lowest BCUT2D eigenvalue weighted by atomic mass is 10.1. The Morgan fingerprint density at radius 2 is 1.83 bits per heavy atom. The summed E-state index contributed by atoms with van der Waals surface area (Å²) in [6, 6.07) is 13.1. The molecule has 3 aromatic rings. The molecule has 116 valence electrons. The number of hydrogen-bond acceptors (Lipinski definition) is 4. The molecule has 0 aliphatic carbocycles. The molecule has 0 bridgehead atoms. The fourth-order valence-electron chi connectivity index (χ4n) is 2.20. The highest BCUT2D eigenvalue weighted by atomic mass is 19.1. The van der Waals surface area contributed by atoms with Crippen LogP contribution in [-0.4, -0.2) is 38.5 Å². The molecule has 0 aliphatic heterocycles. The highest BCUT2D eigenvalue weighted by Gasteiger charge is 2.13. The summed E-state index contributed by atoms with van der Waals surface area (Å²) in [4.78, 5) is 14.0. The summed E-state index contributed by atoms with van der Waals surface area (Å²) >= 11 is 0. The molecule has 23 heavy (non-hydrogen) atoms. The number of aromatic nitrogens is 4. The molecule has 0 atom stereocenters. The lowest BCUT2D eigenvalue weighted by molar-refractivity contribution is 0.0785. The molecule has 0 aliphatic rings. The number of nitrogens with zero attached hydrogens (tertiary/aromatic N) is 4. The van der Waals surface area contributed by atoms with Crippen molar-refractivity contribution in [3.8, 4) is 11.4 Å². The van der Waals surface area contributed by atoms with Crippen molar-refractivity contribution in [1.82, 2.24) is 25.5 Å². The highest BCUT2D eigenvalue weighted by molar-refractivity contribution is 5.94. The first-order valence-electron chi connectivity index (χ1n) is 6.97. The molecule has 0 unspecified atom stereocenters. The topological polar surface area (TPSA) is 74.8 Å². The van der Waals surface area contributed by atoms with Crippen molar-refractivity contribution in [2.24, 2.45) is 0 Å². The van der Waals surface area contributed by atoms with Crippen molar-refractivity contribution in [3.05, 3.63) is 65.5 Å². The maximum Gasteiger partial charge on any atom is 0.253 e. The minimum Gasteiger partial charge on any atom is -0.337 e. The SMILES string of the molecule is CN(Cc1ccc(F)cc1)C(=O)c1ccc(-c2nn[nH]n2)cc1. The summed E-state index contributed by atoms with van der Waals surface area (Å²) in [5, 5.41) is 13.7. The summed E-state index contributed by atoms with van der Waals surface area (Å²) in [6.07, 6.45) is 0. The van der Waals surface area contributed by atoms with Gasteiger partial charge in [0.2, 0.25) is 5.82 Å². The standard InChI is InChI=1S/C16H14FN5O/c1-22(10-11-2-8-14(17)9-3-11)16(23)13-6-4-12(5-7-13)15-18-20-21-19-15/h2-9H,10H2,1H3,(H,18,19,20,21). The van der Waals surface area contributed by atoms with E-state index in [1.807, 2.05) is 0 Å². The van der Waals surface area contributed by atoms with Crippen LogP contribution in [0.15, 0.2) is 48.5 Å². The van der Waals surface area contributed by atoms with Gasteiger partial charge in [-0.2, -0.15) is 5.21 Å². The van der Waals surface area contributed by atoms with Gasteiger partial charge in [-0.25, -0.2) is 4.39 Å². The number of rotatable bonds is 4. The Balaban J connectivity index is 1.70. The lowest BCUT2D eigenvalue weighted by Crippen LogP contribution is -2.26. The van der Waals surface area contributed by atoms with E-state index in [1.54, 1.807) is 48.3 Å². The van der Waals surface area contributed by atoms with Gasteiger partial charge in [0.1, 0.15) is 5.82 Å². The van der Waals surface area contributed by atoms with Crippen LogP contribution in [0.3, 0.4) is 0 Å². The number of carbonyl (C=O) groups is 1. The van der Waals surface area contributed by atoms with E-state index in [9.17, 15) is 9.18 Å². The quantitative estimate of drug-likeness (QED) is 0.802. The largest absolute Gasteiger partial charge is 0.337 e. The average molecular weight is 311 g/mol. The second-order valence-electron chi connectivity index (χ2n) is 5.10. The smallest absolute Gasteiger partial charge is 0.253 e. The van der Waals surface area contributed by atoms with Crippen molar-refractivity contribution in [2.75, 3.05) is 7.05 Å². The molecule has 0 saturated carbocycles. The van der Waals surface area contributed by atoms with Gasteiger partial charge in [0, 0.05) is 24.7 Å². The Kier molecular flexibility index (Phi) is 4.09. The molecule has 1 aromatic heterocycles. The number of amides is 1. The molecule has 1 amide bonds. The summed E-state index contributed by atoms with van der Waals surface area (Å²) in [6.45, 7) is 0.408. The number of carbonyl (C=O) groups excluding carboxylic acids is 1. The van der Waals surface area contributed by atoms with Crippen LogP contribution < -0.4 is 0 Å². The summed E-state index contributed by atoms with van der Waals surface area (Å²) in [5.74, 6) is 0.0671. The molecule has 0 saturated heterocycles. The first kappa shape index (κ1) is 14.8. The summed E-state index contributed by atoms with van der Waals surface area (Å²) < 4.78 is 12.9. The van der Waals surface area contributed by atoms with Crippen LogP contribution in [0.4, 0.5) is 4.39 Å². The first-order chi connectivity index (χ1) is 11.1. The van der Waals surface area contributed by atoms with Crippen molar-refractivity contribution in [2.45, 2.75) is 6.54 Å².